The Morgan fingerprint density at radius 3 is 2.95 bits per heavy atom. The highest BCUT2D eigenvalue weighted by Crippen LogP contribution is 2.33. The summed E-state index contributed by atoms with van der Waals surface area (Å²) in [5, 5.41) is 6.46. The Bertz CT molecular complexity index is 688. The van der Waals surface area contributed by atoms with Crippen LogP contribution in [0.15, 0.2) is 11.4 Å². The van der Waals surface area contributed by atoms with Crippen LogP contribution in [0.5, 0.6) is 0 Å². The SMILES string of the molecule is Cc1nn(CC(=O)N2CCc3sccc3C2C)c(C)c1N. The van der Waals surface area contributed by atoms with E-state index >= 15 is 0 Å². The van der Waals surface area contributed by atoms with Gasteiger partial charge in [-0.3, -0.25) is 9.48 Å². The molecule has 6 heteroatoms. The molecule has 0 aliphatic carbocycles. The third-order valence-electron chi connectivity index (χ3n) is 4.32. The Labute approximate surface area is 128 Å². The fourth-order valence-electron chi connectivity index (χ4n) is 2.93. The molecule has 2 aromatic heterocycles. The zero-order valence-electron chi connectivity index (χ0n) is 12.6. The lowest BCUT2D eigenvalue weighted by molar-refractivity contribution is -0.134. The van der Waals surface area contributed by atoms with E-state index in [1.165, 1.54) is 10.4 Å². The number of nitrogens with two attached hydrogens (primary N) is 1. The van der Waals surface area contributed by atoms with Gasteiger partial charge in [0, 0.05) is 11.4 Å². The summed E-state index contributed by atoms with van der Waals surface area (Å²) in [7, 11) is 0. The minimum atomic E-state index is 0.102. The predicted molar refractivity (Wildman–Crippen MR) is 84.3 cm³/mol. The predicted octanol–water partition coefficient (Wildman–Crippen LogP) is 2.29. The van der Waals surface area contributed by atoms with Crippen molar-refractivity contribution in [1.82, 2.24) is 14.7 Å². The van der Waals surface area contributed by atoms with Crippen molar-refractivity contribution >= 4 is 22.9 Å². The van der Waals surface area contributed by atoms with Crippen LogP contribution in [0.1, 0.15) is 34.8 Å². The molecule has 5 nitrogen and oxygen atoms in total. The summed E-state index contributed by atoms with van der Waals surface area (Å²) >= 11 is 1.78. The van der Waals surface area contributed by atoms with Gasteiger partial charge < -0.3 is 10.6 Å². The lowest BCUT2D eigenvalue weighted by Gasteiger charge is -2.33. The molecule has 3 heterocycles. The lowest BCUT2D eigenvalue weighted by atomic mass is 10.0. The molecule has 112 valence electrons. The molecule has 1 aliphatic rings. The van der Waals surface area contributed by atoms with Crippen LogP contribution < -0.4 is 5.73 Å². The first-order valence-electron chi connectivity index (χ1n) is 7.14. The number of hydrogen-bond acceptors (Lipinski definition) is 4. The Morgan fingerprint density at radius 1 is 1.52 bits per heavy atom. The number of hydrogen-bond donors (Lipinski definition) is 1. The molecule has 0 radical (unpaired) electrons. The zero-order valence-corrected chi connectivity index (χ0v) is 13.4. The van der Waals surface area contributed by atoms with Crippen molar-refractivity contribution in [3.05, 3.63) is 33.3 Å². The second-order valence-electron chi connectivity index (χ2n) is 5.55. The third-order valence-corrected chi connectivity index (χ3v) is 5.32. The molecule has 1 atom stereocenters. The minimum absolute atomic E-state index is 0.102. The quantitative estimate of drug-likeness (QED) is 0.926. The number of aryl methyl sites for hydroxylation is 1. The van der Waals surface area contributed by atoms with Crippen LogP contribution in [0.3, 0.4) is 0 Å². The molecule has 1 aliphatic heterocycles. The smallest absolute Gasteiger partial charge is 0.244 e. The molecule has 0 saturated heterocycles. The molecular formula is C15H20N4OS. The summed E-state index contributed by atoms with van der Waals surface area (Å²) in [5.74, 6) is 0.102. The van der Waals surface area contributed by atoms with E-state index in [1.807, 2.05) is 18.7 Å². The van der Waals surface area contributed by atoms with Gasteiger partial charge in [-0.15, -0.1) is 11.3 Å². The van der Waals surface area contributed by atoms with Gasteiger partial charge in [0.2, 0.25) is 5.91 Å². The molecule has 1 unspecified atom stereocenters. The Balaban J connectivity index is 1.79. The van der Waals surface area contributed by atoms with Crippen LogP contribution >= 0.6 is 11.3 Å². The number of amides is 1. The lowest BCUT2D eigenvalue weighted by Crippen LogP contribution is -2.40. The largest absolute Gasteiger partial charge is 0.396 e. The van der Waals surface area contributed by atoms with Crippen LogP contribution in [-0.4, -0.2) is 27.1 Å². The van der Waals surface area contributed by atoms with Gasteiger partial charge in [-0.05, 0) is 44.2 Å². The van der Waals surface area contributed by atoms with Crippen molar-refractivity contribution in [2.75, 3.05) is 12.3 Å². The maximum Gasteiger partial charge on any atom is 0.244 e. The molecule has 0 spiro atoms. The van der Waals surface area contributed by atoms with Gasteiger partial charge in [-0.25, -0.2) is 0 Å². The Hall–Kier alpha value is -1.82. The first kappa shape index (κ1) is 14.1. The second kappa shape index (κ2) is 5.18. The maximum absolute atomic E-state index is 12.6. The second-order valence-corrected chi connectivity index (χ2v) is 6.56. The number of nitrogens with zero attached hydrogens (tertiary/aromatic N) is 3. The molecule has 0 saturated carbocycles. The van der Waals surface area contributed by atoms with Crippen molar-refractivity contribution in [2.45, 2.75) is 39.8 Å². The first-order chi connectivity index (χ1) is 9.99. The number of aromatic nitrogens is 2. The van der Waals surface area contributed by atoms with E-state index in [0.29, 0.717) is 5.69 Å². The third kappa shape index (κ3) is 2.33. The maximum atomic E-state index is 12.6. The van der Waals surface area contributed by atoms with E-state index in [4.69, 9.17) is 5.73 Å². The number of carbonyl (C=O) groups is 1. The fourth-order valence-corrected chi connectivity index (χ4v) is 3.90. The minimum Gasteiger partial charge on any atom is -0.396 e. The molecule has 0 bridgehead atoms. The van der Waals surface area contributed by atoms with Crippen LogP contribution in [0.2, 0.25) is 0 Å². The molecule has 2 N–H and O–H groups in total. The number of fused-ring (bicyclic) bond motifs is 1. The average Bonchev–Trinajstić information content (AvgIpc) is 3.02. The molecule has 2 aromatic rings. The van der Waals surface area contributed by atoms with E-state index in [9.17, 15) is 4.79 Å². The monoisotopic (exact) mass is 304 g/mol. The highest BCUT2D eigenvalue weighted by molar-refractivity contribution is 7.10. The summed E-state index contributed by atoms with van der Waals surface area (Å²) in [5.41, 5.74) is 9.53. The summed E-state index contributed by atoms with van der Waals surface area (Å²) in [6, 6.07) is 2.27. The van der Waals surface area contributed by atoms with Crippen molar-refractivity contribution in [3.63, 3.8) is 0 Å². The van der Waals surface area contributed by atoms with Crippen molar-refractivity contribution in [2.24, 2.45) is 0 Å². The number of thiophene rings is 1. The van der Waals surface area contributed by atoms with Crippen molar-refractivity contribution < 1.29 is 4.79 Å². The van der Waals surface area contributed by atoms with E-state index < -0.39 is 0 Å². The summed E-state index contributed by atoms with van der Waals surface area (Å²) in [6.45, 7) is 6.90. The van der Waals surface area contributed by atoms with Crippen molar-refractivity contribution in [1.29, 1.82) is 0 Å². The normalized spacial score (nSPS) is 17.9. The zero-order chi connectivity index (χ0) is 15.1. The molecule has 21 heavy (non-hydrogen) atoms. The van der Waals surface area contributed by atoms with Gasteiger partial charge in [0.15, 0.2) is 0 Å². The number of nitrogen functional groups attached to an aromatic ring is 1. The van der Waals surface area contributed by atoms with Gasteiger partial charge >= 0.3 is 0 Å². The summed E-state index contributed by atoms with van der Waals surface area (Å²) < 4.78 is 1.71. The number of carbonyl (C=O) groups excluding carboxylic acids is 1. The van der Waals surface area contributed by atoms with E-state index in [-0.39, 0.29) is 18.5 Å². The van der Waals surface area contributed by atoms with Gasteiger partial charge in [0.05, 0.1) is 23.1 Å². The Morgan fingerprint density at radius 2 is 2.29 bits per heavy atom. The Kier molecular flexibility index (Phi) is 3.49. The van der Waals surface area contributed by atoms with Gasteiger partial charge in [-0.1, -0.05) is 0 Å². The highest BCUT2D eigenvalue weighted by atomic mass is 32.1. The number of anilines is 1. The average molecular weight is 304 g/mol. The van der Waals surface area contributed by atoms with E-state index in [0.717, 1.165) is 24.4 Å². The van der Waals surface area contributed by atoms with Gasteiger partial charge in [0.1, 0.15) is 6.54 Å². The van der Waals surface area contributed by atoms with Crippen LogP contribution in [0.4, 0.5) is 5.69 Å². The highest BCUT2D eigenvalue weighted by Gasteiger charge is 2.28. The molecular weight excluding hydrogens is 284 g/mol. The van der Waals surface area contributed by atoms with E-state index in [2.05, 4.69) is 23.5 Å². The van der Waals surface area contributed by atoms with Crippen molar-refractivity contribution in [3.8, 4) is 0 Å². The van der Waals surface area contributed by atoms with Crippen LogP contribution in [0, 0.1) is 13.8 Å². The molecule has 0 aromatic carbocycles. The van der Waals surface area contributed by atoms with E-state index in [1.54, 1.807) is 16.0 Å². The molecule has 0 fully saturated rings. The molecule has 3 rings (SSSR count). The standard InChI is InChI=1S/C15H20N4OS/c1-9-15(16)11(3)19(17-9)8-14(20)18-6-4-13-12(10(18)2)5-7-21-13/h5,7,10H,4,6,8,16H2,1-3H3. The topological polar surface area (TPSA) is 64.2 Å². The fraction of sp³-hybridized carbons (Fsp3) is 0.467. The van der Waals surface area contributed by atoms with Gasteiger partial charge in [0.25, 0.3) is 0 Å². The van der Waals surface area contributed by atoms with Gasteiger partial charge in [-0.2, -0.15) is 5.10 Å². The summed E-state index contributed by atoms with van der Waals surface area (Å²) in [6.07, 6.45) is 0.947. The van der Waals surface area contributed by atoms with Crippen LogP contribution in [0.25, 0.3) is 0 Å². The molecule has 1 amide bonds. The summed E-state index contributed by atoms with van der Waals surface area (Å²) in [4.78, 5) is 16.0. The number of rotatable bonds is 2. The van der Waals surface area contributed by atoms with Crippen LogP contribution in [-0.2, 0) is 17.8 Å². The first-order valence-corrected chi connectivity index (χ1v) is 8.02.